The van der Waals surface area contributed by atoms with Crippen molar-refractivity contribution in [2.24, 2.45) is 11.8 Å². The molecule has 0 spiro atoms. The quantitative estimate of drug-likeness (QED) is 0.241. The van der Waals surface area contributed by atoms with Crippen LogP contribution in [0.25, 0.3) is 0 Å². The van der Waals surface area contributed by atoms with E-state index in [1.807, 2.05) is 18.2 Å². The lowest BCUT2D eigenvalue weighted by Crippen LogP contribution is -2.47. The van der Waals surface area contributed by atoms with E-state index >= 15 is 0 Å². The van der Waals surface area contributed by atoms with Gasteiger partial charge in [0.1, 0.15) is 18.6 Å². The van der Waals surface area contributed by atoms with Gasteiger partial charge in [-0.15, -0.1) is 0 Å². The Hall–Kier alpha value is -4.68. The molecule has 0 aliphatic carbocycles. The SMILES string of the molecule is COc1ccnc(C(=O)NC2COC(=O)C(Cc3ccccc3)C(OC(=O)C(C)C)C(C)OC2=O)c1OC(C)OC(C)=O. The van der Waals surface area contributed by atoms with E-state index in [1.165, 1.54) is 40.1 Å². The van der Waals surface area contributed by atoms with Gasteiger partial charge in [-0.1, -0.05) is 44.2 Å². The van der Waals surface area contributed by atoms with Gasteiger partial charge in [0.25, 0.3) is 5.91 Å². The number of hydrogen-bond acceptors (Lipinski definition) is 12. The fraction of sp³-hybridized carbons (Fsp3) is 0.467. The van der Waals surface area contributed by atoms with Crippen LogP contribution in [0.1, 0.15) is 50.7 Å². The Labute approximate surface area is 249 Å². The van der Waals surface area contributed by atoms with Crippen molar-refractivity contribution in [3.05, 3.63) is 53.9 Å². The third-order valence-electron chi connectivity index (χ3n) is 6.39. The predicted octanol–water partition coefficient (Wildman–Crippen LogP) is 2.39. The molecule has 1 aliphatic heterocycles. The molecule has 1 N–H and O–H groups in total. The van der Waals surface area contributed by atoms with E-state index in [2.05, 4.69) is 10.3 Å². The summed E-state index contributed by atoms with van der Waals surface area (Å²) in [6, 6.07) is 9.02. The predicted molar refractivity (Wildman–Crippen MR) is 149 cm³/mol. The van der Waals surface area contributed by atoms with Crippen molar-refractivity contribution in [3.8, 4) is 11.5 Å². The maximum atomic E-state index is 13.4. The van der Waals surface area contributed by atoms with E-state index in [4.69, 9.17) is 28.4 Å². The second-order valence-electron chi connectivity index (χ2n) is 10.1. The van der Waals surface area contributed by atoms with Crippen molar-refractivity contribution < 1.29 is 52.4 Å². The first-order valence-corrected chi connectivity index (χ1v) is 13.7. The van der Waals surface area contributed by atoms with Crippen LogP contribution in [0, 0.1) is 11.8 Å². The van der Waals surface area contributed by atoms with E-state index in [1.54, 1.807) is 26.0 Å². The summed E-state index contributed by atoms with van der Waals surface area (Å²) in [6.07, 6.45) is -1.92. The standard InChI is InChI=1S/C30H36N2O11/c1-16(2)28(35)43-25-17(3)40-30(37)22(15-39-29(36)21(25)14-20-10-8-7-9-11-20)32-27(34)24-26(23(38-6)12-13-31-24)42-19(5)41-18(4)33/h7-13,16-17,19,21-22,25H,14-15H2,1-6H3,(H,32,34). The summed E-state index contributed by atoms with van der Waals surface area (Å²) in [5.74, 6) is -5.33. The lowest BCUT2D eigenvalue weighted by molar-refractivity contribution is -0.176. The van der Waals surface area contributed by atoms with Gasteiger partial charge in [-0.25, -0.2) is 9.78 Å². The molecule has 43 heavy (non-hydrogen) atoms. The van der Waals surface area contributed by atoms with Crippen molar-refractivity contribution >= 4 is 29.8 Å². The molecule has 1 aromatic heterocycles. The molecule has 1 amide bonds. The van der Waals surface area contributed by atoms with Crippen LogP contribution in [0.2, 0.25) is 0 Å². The topological polar surface area (TPSA) is 166 Å². The molecule has 1 fully saturated rings. The van der Waals surface area contributed by atoms with Crippen LogP contribution < -0.4 is 14.8 Å². The van der Waals surface area contributed by atoms with E-state index in [0.717, 1.165) is 5.56 Å². The van der Waals surface area contributed by atoms with Crippen LogP contribution in [0.3, 0.4) is 0 Å². The average molecular weight is 601 g/mol. The number of hydrogen-bond donors (Lipinski definition) is 1. The molecule has 5 atom stereocenters. The number of nitrogens with zero attached hydrogens (tertiary/aromatic N) is 1. The van der Waals surface area contributed by atoms with Crippen LogP contribution in [-0.2, 0) is 44.5 Å². The number of carbonyl (C=O) groups excluding carboxylic acids is 5. The molecule has 2 heterocycles. The van der Waals surface area contributed by atoms with Crippen LogP contribution in [0.15, 0.2) is 42.6 Å². The number of ether oxygens (including phenoxy) is 6. The Bertz CT molecular complexity index is 1310. The number of pyridine rings is 1. The highest BCUT2D eigenvalue weighted by molar-refractivity contribution is 5.98. The summed E-state index contributed by atoms with van der Waals surface area (Å²) in [5, 5.41) is 2.46. The maximum absolute atomic E-state index is 13.4. The van der Waals surface area contributed by atoms with E-state index in [0.29, 0.717) is 0 Å². The van der Waals surface area contributed by atoms with Gasteiger partial charge in [0, 0.05) is 26.1 Å². The van der Waals surface area contributed by atoms with Crippen molar-refractivity contribution in [1.82, 2.24) is 10.3 Å². The molecule has 1 saturated heterocycles. The molecule has 13 nitrogen and oxygen atoms in total. The third kappa shape index (κ3) is 8.90. The number of cyclic esters (lactones) is 2. The molecular formula is C30H36N2O11. The van der Waals surface area contributed by atoms with Gasteiger partial charge in [0.05, 0.1) is 13.0 Å². The number of aromatic nitrogens is 1. The third-order valence-corrected chi connectivity index (χ3v) is 6.39. The van der Waals surface area contributed by atoms with Crippen LogP contribution in [0.4, 0.5) is 0 Å². The van der Waals surface area contributed by atoms with Crippen LogP contribution in [-0.4, -0.2) is 73.0 Å². The van der Waals surface area contributed by atoms with E-state index in [-0.39, 0.29) is 23.6 Å². The fourth-order valence-corrected chi connectivity index (χ4v) is 4.27. The number of esters is 4. The zero-order valence-electron chi connectivity index (χ0n) is 24.9. The van der Waals surface area contributed by atoms with Crippen molar-refractivity contribution in [3.63, 3.8) is 0 Å². The fourth-order valence-electron chi connectivity index (χ4n) is 4.27. The maximum Gasteiger partial charge on any atom is 0.332 e. The summed E-state index contributed by atoms with van der Waals surface area (Å²) in [4.78, 5) is 68.0. The first kappa shape index (κ1) is 32.8. The molecule has 1 aliphatic rings. The lowest BCUT2D eigenvalue weighted by atomic mass is 9.91. The highest BCUT2D eigenvalue weighted by Crippen LogP contribution is 2.31. The Morgan fingerprint density at radius 3 is 2.40 bits per heavy atom. The first-order chi connectivity index (χ1) is 20.4. The number of carbonyl (C=O) groups is 5. The van der Waals surface area contributed by atoms with Gasteiger partial charge in [-0.2, -0.15) is 0 Å². The van der Waals surface area contributed by atoms with Crippen molar-refractivity contribution in [2.75, 3.05) is 13.7 Å². The van der Waals surface area contributed by atoms with Gasteiger partial charge in [0.2, 0.25) is 6.29 Å². The number of rotatable bonds is 10. The summed E-state index contributed by atoms with van der Waals surface area (Å²) in [5.41, 5.74) is 0.480. The number of amides is 1. The smallest absolute Gasteiger partial charge is 0.332 e. The molecular weight excluding hydrogens is 564 g/mol. The minimum Gasteiger partial charge on any atom is -0.493 e. The minimum absolute atomic E-state index is 0.106. The van der Waals surface area contributed by atoms with Gasteiger partial charge < -0.3 is 33.7 Å². The number of benzene rings is 1. The highest BCUT2D eigenvalue weighted by Gasteiger charge is 2.42. The van der Waals surface area contributed by atoms with Gasteiger partial charge in [-0.05, 0) is 18.9 Å². The average Bonchev–Trinajstić information content (AvgIpc) is 2.99. The minimum atomic E-state index is -1.46. The normalized spacial score (nSPS) is 21.2. The van der Waals surface area contributed by atoms with E-state index < -0.39 is 72.8 Å². The molecule has 0 radical (unpaired) electrons. The monoisotopic (exact) mass is 600 g/mol. The Morgan fingerprint density at radius 1 is 1.07 bits per heavy atom. The van der Waals surface area contributed by atoms with Gasteiger partial charge in [-0.3, -0.25) is 19.2 Å². The molecule has 0 saturated carbocycles. The second-order valence-corrected chi connectivity index (χ2v) is 10.1. The zero-order valence-corrected chi connectivity index (χ0v) is 24.9. The molecule has 0 bridgehead atoms. The van der Waals surface area contributed by atoms with Gasteiger partial charge >= 0.3 is 23.9 Å². The number of nitrogens with one attached hydrogen (secondary N) is 1. The Kier molecular flexibility index (Phi) is 11.4. The van der Waals surface area contributed by atoms with Crippen molar-refractivity contribution in [1.29, 1.82) is 0 Å². The molecule has 2 aromatic rings. The van der Waals surface area contributed by atoms with Crippen LogP contribution >= 0.6 is 0 Å². The first-order valence-electron chi connectivity index (χ1n) is 13.7. The second kappa shape index (κ2) is 15.0. The highest BCUT2D eigenvalue weighted by atomic mass is 16.7. The number of methoxy groups -OCH3 is 1. The van der Waals surface area contributed by atoms with Crippen LogP contribution in [0.5, 0.6) is 11.5 Å². The Morgan fingerprint density at radius 2 is 1.77 bits per heavy atom. The molecule has 3 rings (SSSR count). The molecule has 13 heteroatoms. The summed E-state index contributed by atoms with van der Waals surface area (Å²) in [6.45, 7) is 6.83. The van der Waals surface area contributed by atoms with Crippen molar-refractivity contribution in [2.45, 2.75) is 65.6 Å². The molecule has 232 valence electrons. The summed E-state index contributed by atoms with van der Waals surface area (Å²) >= 11 is 0. The molecule has 5 unspecified atom stereocenters. The summed E-state index contributed by atoms with van der Waals surface area (Å²) in [7, 11) is 1.34. The molecule has 1 aromatic carbocycles. The zero-order chi connectivity index (χ0) is 31.7. The van der Waals surface area contributed by atoms with E-state index in [9.17, 15) is 24.0 Å². The van der Waals surface area contributed by atoms with Gasteiger partial charge in [0.15, 0.2) is 29.3 Å². The largest absolute Gasteiger partial charge is 0.493 e. The summed E-state index contributed by atoms with van der Waals surface area (Å²) < 4.78 is 32.6. The Balaban J connectivity index is 1.89. The lowest BCUT2D eigenvalue weighted by Gasteiger charge is -2.29.